The number of nitrogens with zero attached hydrogens (tertiary/aromatic N) is 3. The Balaban J connectivity index is 1.63. The highest BCUT2D eigenvalue weighted by Crippen LogP contribution is 2.24. The van der Waals surface area contributed by atoms with E-state index in [9.17, 15) is 9.59 Å². The van der Waals surface area contributed by atoms with E-state index in [-0.39, 0.29) is 17.4 Å². The molecule has 8 heteroatoms. The van der Waals surface area contributed by atoms with Crippen molar-refractivity contribution in [2.24, 2.45) is 0 Å². The number of amides is 2. The van der Waals surface area contributed by atoms with Gasteiger partial charge < -0.3 is 19.7 Å². The van der Waals surface area contributed by atoms with Gasteiger partial charge in [0.15, 0.2) is 17.3 Å². The Labute approximate surface area is 168 Å². The van der Waals surface area contributed by atoms with Crippen molar-refractivity contribution >= 4 is 23.3 Å². The van der Waals surface area contributed by atoms with Gasteiger partial charge in [0, 0.05) is 18.3 Å². The molecule has 8 nitrogen and oxygen atoms in total. The number of carbonyl (C=O) groups is 2. The van der Waals surface area contributed by atoms with E-state index in [1.165, 1.54) is 0 Å². The van der Waals surface area contributed by atoms with Crippen LogP contribution in [0.25, 0.3) is 0 Å². The van der Waals surface area contributed by atoms with Crippen LogP contribution in [0, 0.1) is 20.8 Å². The van der Waals surface area contributed by atoms with E-state index in [0.717, 1.165) is 35.3 Å². The van der Waals surface area contributed by atoms with Crippen LogP contribution in [0.4, 0.5) is 11.5 Å². The second-order valence-electron chi connectivity index (χ2n) is 7.39. The summed E-state index contributed by atoms with van der Waals surface area (Å²) in [6.45, 7) is 6.36. The summed E-state index contributed by atoms with van der Waals surface area (Å²) in [5.41, 5.74) is 3.87. The molecule has 0 bridgehead atoms. The number of hydrogen-bond acceptors (Lipinski definition) is 5. The minimum atomic E-state index is -0.394. The molecule has 3 aromatic rings. The van der Waals surface area contributed by atoms with E-state index in [1.807, 2.05) is 36.6 Å². The van der Waals surface area contributed by atoms with E-state index < -0.39 is 5.91 Å². The van der Waals surface area contributed by atoms with Crippen LogP contribution in [0.3, 0.4) is 0 Å². The number of carbonyl (C=O) groups excluding carboxylic acids is 2. The van der Waals surface area contributed by atoms with Gasteiger partial charge in [-0.05, 0) is 51.7 Å². The maximum Gasteiger partial charge on any atom is 0.291 e. The van der Waals surface area contributed by atoms with Crippen molar-refractivity contribution in [3.8, 4) is 0 Å². The number of rotatable bonds is 4. The fourth-order valence-electron chi connectivity index (χ4n) is 3.63. The Morgan fingerprint density at radius 3 is 2.62 bits per heavy atom. The molecule has 1 aliphatic rings. The van der Waals surface area contributed by atoms with Crippen molar-refractivity contribution in [1.82, 2.24) is 14.7 Å². The summed E-state index contributed by atoms with van der Waals surface area (Å²) in [4.78, 5) is 30.2. The fraction of sp³-hybridized carbons (Fsp3) is 0.333. The molecule has 2 amide bonds. The van der Waals surface area contributed by atoms with Crippen LogP contribution in [0.5, 0.6) is 0 Å². The van der Waals surface area contributed by atoms with Crippen molar-refractivity contribution in [2.45, 2.75) is 46.6 Å². The zero-order chi connectivity index (χ0) is 20.5. The van der Waals surface area contributed by atoms with Crippen molar-refractivity contribution in [1.29, 1.82) is 0 Å². The highest BCUT2D eigenvalue weighted by atomic mass is 16.5. The van der Waals surface area contributed by atoms with Crippen molar-refractivity contribution in [3.63, 3.8) is 0 Å². The predicted molar refractivity (Wildman–Crippen MR) is 108 cm³/mol. The number of aryl methyl sites for hydroxylation is 3. The Morgan fingerprint density at radius 1 is 1.07 bits per heavy atom. The number of anilines is 2. The second kappa shape index (κ2) is 7.54. The number of fused-ring (bicyclic) bond motifs is 1. The van der Waals surface area contributed by atoms with Gasteiger partial charge in [-0.3, -0.25) is 9.59 Å². The molecule has 1 aromatic carbocycles. The third-order valence-electron chi connectivity index (χ3n) is 5.04. The van der Waals surface area contributed by atoms with Gasteiger partial charge in [-0.2, -0.15) is 0 Å². The van der Waals surface area contributed by atoms with Gasteiger partial charge in [-0.25, -0.2) is 4.98 Å². The van der Waals surface area contributed by atoms with Gasteiger partial charge in [0.05, 0.1) is 5.69 Å². The van der Waals surface area contributed by atoms with Crippen LogP contribution in [0.15, 0.2) is 28.8 Å². The fourth-order valence-corrected chi connectivity index (χ4v) is 3.63. The van der Waals surface area contributed by atoms with Gasteiger partial charge in [-0.1, -0.05) is 22.9 Å². The first-order valence-electron chi connectivity index (χ1n) is 9.65. The third-order valence-corrected chi connectivity index (χ3v) is 5.04. The summed E-state index contributed by atoms with van der Waals surface area (Å²) in [7, 11) is 0. The first kappa shape index (κ1) is 18.9. The van der Waals surface area contributed by atoms with Gasteiger partial charge in [0.1, 0.15) is 5.76 Å². The summed E-state index contributed by atoms with van der Waals surface area (Å²) < 4.78 is 6.84. The molecule has 150 valence electrons. The molecule has 0 aliphatic carbocycles. The van der Waals surface area contributed by atoms with Crippen molar-refractivity contribution in [3.05, 3.63) is 58.4 Å². The van der Waals surface area contributed by atoms with E-state index in [1.54, 1.807) is 13.0 Å². The average Bonchev–Trinajstić information content (AvgIpc) is 3.27. The Morgan fingerprint density at radius 2 is 1.90 bits per heavy atom. The quantitative estimate of drug-likeness (QED) is 0.705. The predicted octanol–water partition coefficient (Wildman–Crippen LogP) is 3.64. The minimum absolute atomic E-state index is 0.251. The van der Waals surface area contributed by atoms with E-state index in [2.05, 4.69) is 20.8 Å². The highest BCUT2D eigenvalue weighted by molar-refractivity contribution is 6.06. The van der Waals surface area contributed by atoms with Gasteiger partial charge in [0.2, 0.25) is 0 Å². The third kappa shape index (κ3) is 3.78. The van der Waals surface area contributed by atoms with Gasteiger partial charge in [-0.15, -0.1) is 0 Å². The molecule has 2 aromatic heterocycles. The minimum Gasteiger partial charge on any atom is -0.360 e. The molecule has 0 saturated carbocycles. The highest BCUT2D eigenvalue weighted by Gasteiger charge is 2.28. The average molecular weight is 393 g/mol. The first-order chi connectivity index (χ1) is 13.9. The largest absolute Gasteiger partial charge is 0.360 e. The van der Waals surface area contributed by atoms with Crippen LogP contribution in [-0.4, -0.2) is 26.5 Å². The van der Waals surface area contributed by atoms with Gasteiger partial charge >= 0.3 is 0 Å². The maximum absolute atomic E-state index is 13.0. The molecule has 0 atom stereocenters. The smallest absolute Gasteiger partial charge is 0.291 e. The molecule has 4 rings (SSSR count). The second-order valence-corrected chi connectivity index (χ2v) is 7.39. The van der Waals surface area contributed by atoms with Crippen LogP contribution < -0.4 is 10.6 Å². The lowest BCUT2D eigenvalue weighted by Crippen LogP contribution is -2.21. The number of imidazole rings is 1. The molecule has 0 spiro atoms. The summed E-state index contributed by atoms with van der Waals surface area (Å²) in [5.74, 6) is 0.458. The maximum atomic E-state index is 13.0. The Kier molecular flexibility index (Phi) is 4.92. The zero-order valence-corrected chi connectivity index (χ0v) is 16.7. The van der Waals surface area contributed by atoms with Crippen LogP contribution >= 0.6 is 0 Å². The van der Waals surface area contributed by atoms with Crippen molar-refractivity contribution in [2.75, 3.05) is 10.6 Å². The normalized spacial score (nSPS) is 13.1. The lowest BCUT2D eigenvalue weighted by molar-refractivity contribution is 0.101. The summed E-state index contributed by atoms with van der Waals surface area (Å²) in [6.07, 6.45) is 2.59. The molecule has 0 unspecified atom stereocenters. The summed E-state index contributed by atoms with van der Waals surface area (Å²) in [5, 5.41) is 9.41. The van der Waals surface area contributed by atoms with E-state index in [4.69, 9.17) is 4.52 Å². The molecule has 0 radical (unpaired) electrons. The molecule has 0 fully saturated rings. The molecular formula is C21H23N5O3. The molecule has 29 heavy (non-hydrogen) atoms. The molecular weight excluding hydrogens is 370 g/mol. The Hall–Kier alpha value is -3.42. The number of nitrogens with one attached hydrogen (secondary N) is 2. The molecule has 3 heterocycles. The lowest BCUT2D eigenvalue weighted by Gasteiger charge is -2.17. The summed E-state index contributed by atoms with van der Waals surface area (Å²) >= 11 is 0. The van der Waals surface area contributed by atoms with Crippen molar-refractivity contribution < 1.29 is 14.1 Å². The molecule has 0 saturated heterocycles. The number of benzene rings is 1. The van der Waals surface area contributed by atoms with Crippen LogP contribution in [0.2, 0.25) is 0 Å². The monoisotopic (exact) mass is 393 g/mol. The molecule has 2 N–H and O–H groups in total. The lowest BCUT2D eigenvalue weighted by atomic mass is 10.1. The molecule has 1 aliphatic heterocycles. The van der Waals surface area contributed by atoms with Gasteiger partial charge in [0.25, 0.3) is 11.8 Å². The number of aromatic nitrogens is 3. The van der Waals surface area contributed by atoms with Crippen LogP contribution in [-0.2, 0) is 13.0 Å². The zero-order valence-electron chi connectivity index (χ0n) is 16.7. The number of hydrogen-bond donors (Lipinski definition) is 2. The van der Waals surface area contributed by atoms with E-state index >= 15 is 0 Å². The SMILES string of the molecule is Cc1ccc(NC(=O)c2nc(C(=O)Nc3cc(C)on3)c3n2CCCC3)c(C)c1. The van der Waals surface area contributed by atoms with E-state index in [0.29, 0.717) is 24.5 Å². The topological polar surface area (TPSA) is 102 Å². The summed E-state index contributed by atoms with van der Waals surface area (Å²) in [6, 6.07) is 7.47. The van der Waals surface area contributed by atoms with Crippen LogP contribution in [0.1, 0.15) is 56.5 Å². The standard InChI is InChI=1S/C21H23N5O3/c1-12-7-8-15(13(2)10-12)22-21(28)19-24-18(16-6-4-5-9-26(16)19)20(27)23-17-11-14(3)29-25-17/h7-8,10-11H,4-6,9H2,1-3H3,(H,22,28)(H,23,25,27). The first-order valence-corrected chi connectivity index (χ1v) is 9.65. The Bertz CT molecular complexity index is 1100.